The summed E-state index contributed by atoms with van der Waals surface area (Å²) >= 11 is 0. The molecule has 1 N–H and O–H groups in total. The predicted octanol–water partition coefficient (Wildman–Crippen LogP) is 1.95. The zero-order chi connectivity index (χ0) is 16.9. The van der Waals surface area contributed by atoms with Gasteiger partial charge in [-0.3, -0.25) is 9.52 Å². The molecule has 2 rings (SSSR count). The molecule has 0 radical (unpaired) electrons. The van der Waals surface area contributed by atoms with Crippen LogP contribution in [0.2, 0.25) is 0 Å². The van der Waals surface area contributed by atoms with Gasteiger partial charge in [0, 0.05) is 25.6 Å². The zero-order valence-corrected chi connectivity index (χ0v) is 14.4. The number of ether oxygens (including phenoxy) is 1. The normalized spacial score (nSPS) is 17.9. The maximum absolute atomic E-state index is 12.8. The van der Waals surface area contributed by atoms with Crippen molar-refractivity contribution in [1.82, 2.24) is 4.90 Å². The number of carbonyl (C=O) groups excluding carboxylic acids is 1. The van der Waals surface area contributed by atoms with Crippen molar-refractivity contribution in [3.05, 3.63) is 29.8 Å². The van der Waals surface area contributed by atoms with Gasteiger partial charge in [-0.25, -0.2) is 8.42 Å². The average Bonchev–Trinajstić information content (AvgIpc) is 3.05. The highest BCUT2D eigenvalue weighted by Crippen LogP contribution is 2.21. The second-order valence-corrected chi connectivity index (χ2v) is 7.64. The van der Waals surface area contributed by atoms with Gasteiger partial charge in [-0.05, 0) is 32.4 Å². The van der Waals surface area contributed by atoms with Crippen LogP contribution in [0, 0.1) is 5.92 Å². The lowest BCUT2D eigenvalue weighted by molar-refractivity contribution is 0.0732. The molecular formula is C16H24N2O4S. The van der Waals surface area contributed by atoms with Crippen molar-refractivity contribution in [3.63, 3.8) is 0 Å². The van der Waals surface area contributed by atoms with E-state index in [1.54, 1.807) is 36.1 Å². The van der Waals surface area contributed by atoms with Crippen molar-refractivity contribution in [1.29, 1.82) is 0 Å². The second kappa shape index (κ2) is 7.79. The van der Waals surface area contributed by atoms with E-state index in [2.05, 4.69) is 4.72 Å². The van der Waals surface area contributed by atoms with Crippen LogP contribution < -0.4 is 4.72 Å². The van der Waals surface area contributed by atoms with E-state index in [1.807, 2.05) is 6.92 Å². The molecule has 1 fully saturated rings. The summed E-state index contributed by atoms with van der Waals surface area (Å²) in [6.45, 7) is 6.10. The van der Waals surface area contributed by atoms with Gasteiger partial charge in [-0.15, -0.1) is 0 Å². The van der Waals surface area contributed by atoms with E-state index in [9.17, 15) is 13.2 Å². The van der Waals surface area contributed by atoms with Gasteiger partial charge in [-0.2, -0.15) is 0 Å². The lowest BCUT2D eigenvalue weighted by Crippen LogP contribution is -2.36. The first-order chi connectivity index (χ1) is 11.0. The maximum atomic E-state index is 12.8. The fraction of sp³-hybridized carbons (Fsp3) is 0.562. The van der Waals surface area contributed by atoms with Crippen molar-refractivity contribution < 1.29 is 17.9 Å². The van der Waals surface area contributed by atoms with Crippen molar-refractivity contribution in [3.8, 4) is 0 Å². The minimum atomic E-state index is -3.42. The molecule has 1 aromatic rings. The van der Waals surface area contributed by atoms with Crippen LogP contribution in [0.1, 0.15) is 30.6 Å². The number of amides is 1. The van der Waals surface area contributed by atoms with Crippen LogP contribution in [0.3, 0.4) is 0 Å². The molecule has 1 aliphatic heterocycles. The molecule has 7 heteroatoms. The molecule has 1 atom stereocenters. The molecule has 0 aromatic heterocycles. The Morgan fingerprint density at radius 2 is 2.09 bits per heavy atom. The van der Waals surface area contributed by atoms with Crippen LogP contribution in [-0.2, 0) is 14.8 Å². The number of hydrogen-bond donors (Lipinski definition) is 1. The molecule has 0 saturated carbocycles. The van der Waals surface area contributed by atoms with Crippen LogP contribution in [0.4, 0.5) is 5.69 Å². The van der Waals surface area contributed by atoms with E-state index < -0.39 is 10.0 Å². The van der Waals surface area contributed by atoms with Crippen molar-refractivity contribution in [2.75, 3.05) is 36.8 Å². The highest BCUT2D eigenvalue weighted by atomic mass is 32.2. The number of hydrogen-bond acceptors (Lipinski definition) is 4. The van der Waals surface area contributed by atoms with Gasteiger partial charge in [0.2, 0.25) is 10.0 Å². The Morgan fingerprint density at radius 1 is 1.35 bits per heavy atom. The molecule has 1 aromatic carbocycles. The Hall–Kier alpha value is -1.60. The van der Waals surface area contributed by atoms with Crippen LogP contribution in [-0.4, -0.2) is 51.3 Å². The molecule has 1 heterocycles. The number of nitrogens with one attached hydrogen (secondary N) is 1. The van der Waals surface area contributed by atoms with Gasteiger partial charge < -0.3 is 9.64 Å². The minimum Gasteiger partial charge on any atom is -0.381 e. The van der Waals surface area contributed by atoms with Gasteiger partial charge in [0.15, 0.2) is 0 Å². The van der Waals surface area contributed by atoms with Crippen molar-refractivity contribution in [2.45, 2.75) is 20.3 Å². The molecule has 1 amide bonds. The summed E-state index contributed by atoms with van der Waals surface area (Å²) in [5, 5.41) is 0. The Kier molecular flexibility index (Phi) is 6.01. The number of carbonyl (C=O) groups is 1. The van der Waals surface area contributed by atoms with Crippen molar-refractivity contribution in [2.24, 2.45) is 5.92 Å². The first-order valence-corrected chi connectivity index (χ1v) is 9.58. The van der Waals surface area contributed by atoms with Crippen LogP contribution in [0.15, 0.2) is 24.3 Å². The predicted molar refractivity (Wildman–Crippen MR) is 90.0 cm³/mol. The highest BCUT2D eigenvalue weighted by molar-refractivity contribution is 7.92. The molecule has 23 heavy (non-hydrogen) atoms. The number of sulfonamides is 1. The van der Waals surface area contributed by atoms with E-state index in [0.29, 0.717) is 36.9 Å². The van der Waals surface area contributed by atoms with E-state index in [-0.39, 0.29) is 11.7 Å². The summed E-state index contributed by atoms with van der Waals surface area (Å²) in [5.74, 6) is 0.152. The van der Waals surface area contributed by atoms with E-state index >= 15 is 0 Å². The summed E-state index contributed by atoms with van der Waals surface area (Å²) in [6.07, 6.45) is 0.952. The van der Waals surface area contributed by atoms with Crippen molar-refractivity contribution >= 4 is 21.6 Å². The van der Waals surface area contributed by atoms with Gasteiger partial charge in [0.05, 0.1) is 23.6 Å². The van der Waals surface area contributed by atoms with Gasteiger partial charge in [0.25, 0.3) is 5.91 Å². The molecule has 1 unspecified atom stereocenters. The molecule has 1 saturated heterocycles. The lowest BCUT2D eigenvalue weighted by Gasteiger charge is -2.25. The fourth-order valence-corrected chi connectivity index (χ4v) is 3.22. The molecule has 0 aliphatic carbocycles. The largest absolute Gasteiger partial charge is 0.381 e. The molecule has 128 valence electrons. The first kappa shape index (κ1) is 17.7. The number of benzene rings is 1. The quantitative estimate of drug-likeness (QED) is 0.823. The van der Waals surface area contributed by atoms with Crippen LogP contribution in [0.25, 0.3) is 0 Å². The van der Waals surface area contributed by atoms with E-state index in [0.717, 1.165) is 13.0 Å². The van der Waals surface area contributed by atoms with Crippen LogP contribution >= 0.6 is 0 Å². The zero-order valence-electron chi connectivity index (χ0n) is 13.6. The van der Waals surface area contributed by atoms with Gasteiger partial charge >= 0.3 is 0 Å². The number of nitrogens with zero attached hydrogens (tertiary/aromatic N) is 1. The highest BCUT2D eigenvalue weighted by Gasteiger charge is 2.24. The third-order valence-corrected chi connectivity index (χ3v) is 5.27. The molecule has 6 nitrogen and oxygen atoms in total. The Labute approximate surface area is 137 Å². The standard InChI is InChI=1S/C16H24N2O4S/c1-3-18(11-13-9-10-22-12-13)16(19)14-7-5-6-8-15(14)17-23(20,21)4-2/h5-8,13,17H,3-4,9-12H2,1-2H3. The SMILES string of the molecule is CCN(CC1CCOC1)C(=O)c1ccccc1NS(=O)(=O)CC. The minimum absolute atomic E-state index is 0.0353. The summed E-state index contributed by atoms with van der Waals surface area (Å²) in [7, 11) is -3.42. The molecule has 1 aliphatic rings. The lowest BCUT2D eigenvalue weighted by atomic mass is 10.1. The molecule has 0 bridgehead atoms. The topological polar surface area (TPSA) is 75.7 Å². The summed E-state index contributed by atoms with van der Waals surface area (Å²) in [6, 6.07) is 6.73. The van der Waals surface area contributed by atoms with Gasteiger partial charge in [0.1, 0.15) is 0 Å². The molecular weight excluding hydrogens is 316 g/mol. The van der Waals surface area contributed by atoms with E-state index in [4.69, 9.17) is 4.74 Å². The Balaban J connectivity index is 2.20. The third kappa shape index (κ3) is 4.68. The second-order valence-electron chi connectivity index (χ2n) is 5.62. The molecule has 0 spiro atoms. The smallest absolute Gasteiger partial charge is 0.255 e. The summed E-state index contributed by atoms with van der Waals surface area (Å²) < 4.78 is 31.5. The Morgan fingerprint density at radius 3 is 2.70 bits per heavy atom. The third-order valence-electron chi connectivity index (χ3n) is 3.97. The summed E-state index contributed by atoms with van der Waals surface area (Å²) in [5.41, 5.74) is 0.714. The monoisotopic (exact) mass is 340 g/mol. The van der Waals surface area contributed by atoms with E-state index in [1.165, 1.54) is 0 Å². The number of anilines is 1. The fourth-order valence-electron chi connectivity index (χ4n) is 2.56. The first-order valence-electron chi connectivity index (χ1n) is 7.93. The maximum Gasteiger partial charge on any atom is 0.255 e. The average molecular weight is 340 g/mol. The number of rotatable bonds is 7. The van der Waals surface area contributed by atoms with Crippen LogP contribution in [0.5, 0.6) is 0 Å². The number of para-hydroxylation sites is 1. The summed E-state index contributed by atoms with van der Waals surface area (Å²) in [4.78, 5) is 14.6. The Bertz CT molecular complexity index is 639. The van der Waals surface area contributed by atoms with Gasteiger partial charge in [-0.1, -0.05) is 12.1 Å².